The molecule has 0 aliphatic heterocycles. The third-order valence-electron chi connectivity index (χ3n) is 3.43. The average molecular weight is 365 g/mol. The van der Waals surface area contributed by atoms with Gasteiger partial charge in [0.1, 0.15) is 5.15 Å². The standard InChI is InChI=1S/C16H15BrClN3/c1-16(2,3)11-6-4-10(5-7-11)13-8-14(18)21-15(20-13)12(17)9-19-21/h4-9H,1-3H3. The molecule has 0 fully saturated rings. The van der Waals surface area contributed by atoms with Gasteiger partial charge in [-0.25, -0.2) is 9.50 Å². The lowest BCUT2D eigenvalue weighted by Crippen LogP contribution is -2.10. The van der Waals surface area contributed by atoms with E-state index in [2.05, 4.69) is 71.0 Å². The monoisotopic (exact) mass is 363 g/mol. The summed E-state index contributed by atoms with van der Waals surface area (Å²) in [6.07, 6.45) is 1.70. The Morgan fingerprint density at radius 3 is 2.43 bits per heavy atom. The second-order valence-corrected chi connectivity index (χ2v) is 7.26. The van der Waals surface area contributed by atoms with Gasteiger partial charge in [-0.2, -0.15) is 5.10 Å². The first-order chi connectivity index (χ1) is 9.86. The van der Waals surface area contributed by atoms with Crippen molar-refractivity contribution in [2.24, 2.45) is 0 Å². The van der Waals surface area contributed by atoms with Crippen molar-refractivity contribution in [3.05, 3.63) is 51.7 Å². The molecule has 108 valence electrons. The van der Waals surface area contributed by atoms with Crippen molar-refractivity contribution in [2.45, 2.75) is 26.2 Å². The fraction of sp³-hybridized carbons (Fsp3) is 0.250. The Morgan fingerprint density at radius 1 is 1.14 bits per heavy atom. The van der Waals surface area contributed by atoms with Crippen molar-refractivity contribution < 1.29 is 0 Å². The normalized spacial score (nSPS) is 12.0. The molecule has 0 aliphatic carbocycles. The van der Waals surface area contributed by atoms with Crippen molar-refractivity contribution in [3.8, 4) is 11.3 Å². The Kier molecular flexibility index (Phi) is 3.54. The molecule has 3 nitrogen and oxygen atoms in total. The first-order valence-corrected chi connectivity index (χ1v) is 7.84. The third kappa shape index (κ3) is 2.70. The van der Waals surface area contributed by atoms with E-state index < -0.39 is 0 Å². The fourth-order valence-corrected chi connectivity index (χ4v) is 2.76. The number of hydrogen-bond donors (Lipinski definition) is 0. The second kappa shape index (κ2) is 5.11. The van der Waals surface area contributed by atoms with Crippen molar-refractivity contribution in [1.82, 2.24) is 14.6 Å². The van der Waals surface area contributed by atoms with Crippen LogP contribution in [-0.2, 0) is 5.41 Å². The molecule has 0 radical (unpaired) electrons. The molecular formula is C16H15BrClN3. The van der Waals surface area contributed by atoms with Gasteiger partial charge in [-0.15, -0.1) is 0 Å². The first-order valence-electron chi connectivity index (χ1n) is 6.67. The summed E-state index contributed by atoms with van der Waals surface area (Å²) in [7, 11) is 0. The number of fused-ring (bicyclic) bond motifs is 1. The van der Waals surface area contributed by atoms with E-state index in [1.54, 1.807) is 10.7 Å². The summed E-state index contributed by atoms with van der Waals surface area (Å²) in [4.78, 5) is 4.63. The van der Waals surface area contributed by atoms with E-state index in [1.165, 1.54) is 5.56 Å². The minimum atomic E-state index is 0.141. The summed E-state index contributed by atoms with van der Waals surface area (Å²) >= 11 is 9.71. The van der Waals surface area contributed by atoms with E-state index in [-0.39, 0.29) is 5.41 Å². The number of hydrogen-bond acceptors (Lipinski definition) is 2. The molecule has 0 aliphatic rings. The molecule has 0 atom stereocenters. The largest absolute Gasteiger partial charge is 0.227 e. The maximum Gasteiger partial charge on any atom is 0.171 e. The predicted octanol–water partition coefficient (Wildman–Crippen LogP) is 5.11. The van der Waals surface area contributed by atoms with Gasteiger partial charge in [-0.3, -0.25) is 0 Å². The molecule has 5 heteroatoms. The average Bonchev–Trinajstić information content (AvgIpc) is 2.80. The van der Waals surface area contributed by atoms with Crippen LogP contribution in [0, 0.1) is 0 Å². The molecule has 0 bridgehead atoms. The molecule has 3 aromatic rings. The Balaban J connectivity index is 2.10. The molecule has 0 N–H and O–H groups in total. The van der Waals surface area contributed by atoms with Crippen molar-refractivity contribution in [3.63, 3.8) is 0 Å². The van der Waals surface area contributed by atoms with Crippen LogP contribution in [0.1, 0.15) is 26.3 Å². The van der Waals surface area contributed by atoms with Gasteiger partial charge in [0.05, 0.1) is 16.4 Å². The van der Waals surface area contributed by atoms with Crippen LogP contribution in [0.3, 0.4) is 0 Å². The second-order valence-electron chi connectivity index (χ2n) is 6.02. The van der Waals surface area contributed by atoms with Crippen LogP contribution in [0.15, 0.2) is 41.0 Å². The summed E-state index contributed by atoms with van der Waals surface area (Å²) in [6, 6.07) is 10.3. The van der Waals surface area contributed by atoms with Gasteiger partial charge in [0.2, 0.25) is 0 Å². The Morgan fingerprint density at radius 2 is 1.81 bits per heavy atom. The van der Waals surface area contributed by atoms with Crippen LogP contribution in [0.25, 0.3) is 16.9 Å². The molecule has 3 rings (SSSR count). The molecular weight excluding hydrogens is 350 g/mol. The lowest BCUT2D eigenvalue weighted by molar-refractivity contribution is 0.590. The maximum atomic E-state index is 6.27. The zero-order chi connectivity index (χ0) is 15.2. The summed E-state index contributed by atoms with van der Waals surface area (Å²) in [6.45, 7) is 6.60. The van der Waals surface area contributed by atoms with Crippen LogP contribution in [0.2, 0.25) is 5.15 Å². The number of nitrogens with zero attached hydrogens (tertiary/aromatic N) is 3. The first kappa shape index (κ1) is 14.5. The molecule has 2 aromatic heterocycles. The lowest BCUT2D eigenvalue weighted by Gasteiger charge is -2.19. The van der Waals surface area contributed by atoms with Gasteiger partial charge in [0, 0.05) is 11.6 Å². The van der Waals surface area contributed by atoms with Crippen molar-refractivity contribution in [1.29, 1.82) is 0 Å². The third-order valence-corrected chi connectivity index (χ3v) is 4.26. The van der Waals surface area contributed by atoms with Gasteiger partial charge in [-0.1, -0.05) is 56.6 Å². The number of aromatic nitrogens is 3. The van der Waals surface area contributed by atoms with E-state index >= 15 is 0 Å². The molecule has 21 heavy (non-hydrogen) atoms. The van der Waals surface area contributed by atoms with E-state index in [0.717, 1.165) is 21.4 Å². The topological polar surface area (TPSA) is 30.2 Å². The summed E-state index contributed by atoms with van der Waals surface area (Å²) in [5, 5.41) is 4.72. The van der Waals surface area contributed by atoms with Gasteiger partial charge in [0.15, 0.2) is 5.65 Å². The van der Waals surface area contributed by atoms with Crippen LogP contribution in [0.5, 0.6) is 0 Å². The smallest absolute Gasteiger partial charge is 0.171 e. The maximum absolute atomic E-state index is 6.27. The SMILES string of the molecule is CC(C)(C)c1ccc(-c2cc(Cl)n3ncc(Br)c3n2)cc1. The van der Waals surface area contributed by atoms with Gasteiger partial charge in [0.25, 0.3) is 0 Å². The molecule has 0 saturated heterocycles. The summed E-state index contributed by atoms with van der Waals surface area (Å²) < 4.78 is 2.44. The minimum absolute atomic E-state index is 0.141. The number of halogens is 2. The Bertz CT molecular complexity index is 801. The van der Waals surface area contributed by atoms with Crippen molar-refractivity contribution >= 4 is 33.2 Å². The van der Waals surface area contributed by atoms with Crippen LogP contribution >= 0.6 is 27.5 Å². The molecule has 0 amide bonds. The van der Waals surface area contributed by atoms with Gasteiger partial charge >= 0.3 is 0 Å². The highest BCUT2D eigenvalue weighted by atomic mass is 79.9. The lowest BCUT2D eigenvalue weighted by atomic mass is 9.86. The molecule has 0 unspecified atom stereocenters. The van der Waals surface area contributed by atoms with Crippen LogP contribution < -0.4 is 0 Å². The molecule has 0 spiro atoms. The van der Waals surface area contributed by atoms with Crippen molar-refractivity contribution in [2.75, 3.05) is 0 Å². The highest BCUT2D eigenvalue weighted by molar-refractivity contribution is 9.10. The minimum Gasteiger partial charge on any atom is -0.227 e. The quantitative estimate of drug-likeness (QED) is 0.562. The van der Waals surface area contributed by atoms with E-state index in [9.17, 15) is 0 Å². The van der Waals surface area contributed by atoms with E-state index in [0.29, 0.717) is 5.15 Å². The highest BCUT2D eigenvalue weighted by Gasteiger charge is 2.14. The van der Waals surface area contributed by atoms with Gasteiger partial charge < -0.3 is 0 Å². The van der Waals surface area contributed by atoms with E-state index in [4.69, 9.17) is 11.6 Å². The predicted molar refractivity (Wildman–Crippen MR) is 89.8 cm³/mol. The number of rotatable bonds is 1. The summed E-state index contributed by atoms with van der Waals surface area (Å²) in [5.74, 6) is 0. The zero-order valence-electron chi connectivity index (χ0n) is 12.1. The van der Waals surface area contributed by atoms with E-state index in [1.807, 2.05) is 6.07 Å². The zero-order valence-corrected chi connectivity index (χ0v) is 14.4. The molecule has 2 heterocycles. The summed E-state index contributed by atoms with van der Waals surface area (Å²) in [5.41, 5.74) is 4.04. The molecule has 0 saturated carbocycles. The molecule has 1 aromatic carbocycles. The van der Waals surface area contributed by atoms with Gasteiger partial charge in [-0.05, 0) is 26.9 Å². The fourth-order valence-electron chi connectivity index (χ4n) is 2.19. The van der Waals surface area contributed by atoms with Crippen LogP contribution in [0.4, 0.5) is 0 Å². The van der Waals surface area contributed by atoms with Crippen LogP contribution in [-0.4, -0.2) is 14.6 Å². The Labute approximate surface area is 137 Å². The number of benzene rings is 1. The highest BCUT2D eigenvalue weighted by Crippen LogP contribution is 2.28. The Hall–Kier alpha value is -1.39.